The lowest BCUT2D eigenvalue weighted by atomic mass is 9.91. The molecule has 0 spiro atoms. The van der Waals surface area contributed by atoms with E-state index in [9.17, 15) is 9.59 Å². The third-order valence-electron chi connectivity index (χ3n) is 6.68. The number of piperidine rings is 1. The summed E-state index contributed by atoms with van der Waals surface area (Å²) in [6, 6.07) is 7.67. The van der Waals surface area contributed by atoms with Gasteiger partial charge in [-0.3, -0.25) is 14.5 Å². The van der Waals surface area contributed by atoms with Gasteiger partial charge in [0.25, 0.3) is 11.8 Å². The van der Waals surface area contributed by atoms with E-state index in [1.165, 1.54) is 24.2 Å². The van der Waals surface area contributed by atoms with Crippen molar-refractivity contribution in [3.63, 3.8) is 0 Å². The van der Waals surface area contributed by atoms with Gasteiger partial charge in [-0.25, -0.2) is 0 Å². The Labute approximate surface area is 200 Å². The van der Waals surface area contributed by atoms with Gasteiger partial charge in [0.05, 0.1) is 12.2 Å². The number of amides is 2. The zero-order valence-electron chi connectivity index (χ0n) is 21.1. The number of hydrogen-bond acceptors (Lipinski definition) is 4. The van der Waals surface area contributed by atoms with Gasteiger partial charge in [-0.2, -0.15) is 0 Å². The molecule has 0 radical (unpaired) electrons. The van der Waals surface area contributed by atoms with E-state index in [0.717, 1.165) is 56.5 Å². The maximum absolute atomic E-state index is 13.6. The molecule has 1 aromatic carbocycles. The van der Waals surface area contributed by atoms with Crippen molar-refractivity contribution < 1.29 is 14.3 Å². The molecule has 1 fully saturated rings. The highest BCUT2D eigenvalue weighted by atomic mass is 16.5. The number of rotatable bonds is 12. The topological polar surface area (TPSA) is 49.9 Å². The molecule has 2 amide bonds. The molecular formula is C28H42N2O3. The van der Waals surface area contributed by atoms with Gasteiger partial charge >= 0.3 is 0 Å². The quantitative estimate of drug-likeness (QED) is 0.292. The highest BCUT2D eigenvalue weighted by Gasteiger charge is 2.42. The molecule has 182 valence electrons. The van der Waals surface area contributed by atoms with E-state index in [1.807, 2.05) is 24.3 Å². The van der Waals surface area contributed by atoms with Crippen LogP contribution in [0.4, 0.5) is 0 Å². The Morgan fingerprint density at radius 3 is 2.12 bits per heavy atom. The van der Waals surface area contributed by atoms with Crippen molar-refractivity contribution in [1.29, 1.82) is 0 Å². The first-order valence-corrected chi connectivity index (χ1v) is 13.0. The summed E-state index contributed by atoms with van der Waals surface area (Å²) in [4.78, 5) is 30.8. The van der Waals surface area contributed by atoms with Crippen LogP contribution in [0.5, 0.6) is 5.75 Å². The van der Waals surface area contributed by atoms with Gasteiger partial charge < -0.3 is 9.64 Å². The lowest BCUT2D eigenvalue weighted by molar-refractivity contribution is -0.137. The monoisotopic (exact) mass is 454 g/mol. The zero-order valence-corrected chi connectivity index (χ0v) is 21.1. The van der Waals surface area contributed by atoms with Crippen LogP contribution in [0.15, 0.2) is 30.0 Å². The zero-order chi connectivity index (χ0) is 23.8. The molecule has 2 aliphatic heterocycles. The standard InChI is InChI=1S/C28H42N2O3/c1-5-7-8-9-10-11-16-30-27(31)25(23-12-14-24(15-13-23)33-17-6-2)26(28(30)32)29-19-21(3)18-22(4)20-29/h12-15,21-22H,5-11,16-20H2,1-4H3. The van der Waals surface area contributed by atoms with Crippen LogP contribution in [-0.4, -0.2) is 47.9 Å². The van der Waals surface area contributed by atoms with Crippen LogP contribution in [0.2, 0.25) is 0 Å². The molecule has 2 atom stereocenters. The average Bonchev–Trinajstić information content (AvgIpc) is 3.04. The Kier molecular flexibility index (Phi) is 9.40. The molecule has 0 bridgehead atoms. The minimum atomic E-state index is -0.142. The largest absolute Gasteiger partial charge is 0.494 e. The van der Waals surface area contributed by atoms with Gasteiger partial charge in [-0.1, -0.05) is 71.9 Å². The van der Waals surface area contributed by atoms with Crippen LogP contribution in [0.1, 0.15) is 84.6 Å². The summed E-state index contributed by atoms with van der Waals surface area (Å²) in [6.45, 7) is 11.6. The van der Waals surface area contributed by atoms with Crippen molar-refractivity contribution in [1.82, 2.24) is 9.80 Å². The first-order valence-electron chi connectivity index (χ1n) is 13.0. The molecule has 1 saturated heterocycles. The van der Waals surface area contributed by atoms with E-state index in [1.54, 1.807) is 0 Å². The van der Waals surface area contributed by atoms with Gasteiger partial charge in [0.2, 0.25) is 0 Å². The molecule has 2 heterocycles. The second kappa shape index (κ2) is 12.2. The second-order valence-corrected chi connectivity index (χ2v) is 9.98. The fourth-order valence-electron chi connectivity index (χ4n) is 5.15. The van der Waals surface area contributed by atoms with Crippen molar-refractivity contribution >= 4 is 17.4 Å². The van der Waals surface area contributed by atoms with Gasteiger partial charge in [-0.15, -0.1) is 0 Å². The van der Waals surface area contributed by atoms with Crippen LogP contribution < -0.4 is 4.74 Å². The lowest BCUT2D eigenvalue weighted by Gasteiger charge is -2.37. The summed E-state index contributed by atoms with van der Waals surface area (Å²) in [7, 11) is 0. The Morgan fingerprint density at radius 1 is 0.848 bits per heavy atom. The number of carbonyl (C=O) groups is 2. The fraction of sp³-hybridized carbons (Fsp3) is 0.643. The lowest BCUT2D eigenvalue weighted by Crippen LogP contribution is -2.42. The van der Waals surface area contributed by atoms with Crippen molar-refractivity contribution in [2.24, 2.45) is 11.8 Å². The average molecular weight is 455 g/mol. The molecule has 3 rings (SSSR count). The Balaban J connectivity index is 1.83. The second-order valence-electron chi connectivity index (χ2n) is 9.98. The predicted octanol–water partition coefficient (Wildman–Crippen LogP) is 5.89. The molecule has 0 aromatic heterocycles. The summed E-state index contributed by atoms with van der Waals surface area (Å²) in [6.07, 6.45) is 8.90. The Morgan fingerprint density at radius 2 is 1.48 bits per heavy atom. The van der Waals surface area contributed by atoms with Crippen molar-refractivity contribution in [2.45, 2.75) is 79.1 Å². The molecule has 5 nitrogen and oxygen atoms in total. The van der Waals surface area contributed by atoms with E-state index >= 15 is 0 Å². The molecule has 1 aromatic rings. The maximum Gasteiger partial charge on any atom is 0.277 e. The van der Waals surface area contributed by atoms with Crippen molar-refractivity contribution in [3.8, 4) is 5.75 Å². The number of hydrogen-bond donors (Lipinski definition) is 0. The van der Waals surface area contributed by atoms with Crippen LogP contribution in [-0.2, 0) is 9.59 Å². The first kappa shape index (κ1) is 25.3. The SMILES string of the molecule is CCCCCCCCN1C(=O)C(c2ccc(OCCC)cc2)=C(N2CC(C)CC(C)C2)C1=O. The minimum absolute atomic E-state index is 0.115. The minimum Gasteiger partial charge on any atom is -0.494 e. The highest BCUT2D eigenvalue weighted by molar-refractivity contribution is 6.35. The molecule has 0 saturated carbocycles. The molecule has 0 aliphatic carbocycles. The predicted molar refractivity (Wildman–Crippen MR) is 134 cm³/mol. The number of imide groups is 1. The fourth-order valence-corrected chi connectivity index (χ4v) is 5.15. The van der Waals surface area contributed by atoms with Gasteiger partial charge in [0, 0.05) is 19.6 Å². The maximum atomic E-state index is 13.6. The number of ether oxygens (including phenoxy) is 1. The van der Waals surface area contributed by atoms with E-state index in [2.05, 4.69) is 32.6 Å². The van der Waals surface area contributed by atoms with E-state index in [-0.39, 0.29) is 11.8 Å². The number of carbonyl (C=O) groups excluding carboxylic acids is 2. The molecule has 5 heteroatoms. The summed E-state index contributed by atoms with van der Waals surface area (Å²) >= 11 is 0. The first-order chi connectivity index (χ1) is 16.0. The van der Waals surface area contributed by atoms with Crippen molar-refractivity contribution in [3.05, 3.63) is 35.5 Å². The molecule has 33 heavy (non-hydrogen) atoms. The van der Waals surface area contributed by atoms with Crippen LogP contribution in [0.25, 0.3) is 5.57 Å². The summed E-state index contributed by atoms with van der Waals surface area (Å²) in [5.41, 5.74) is 1.98. The summed E-state index contributed by atoms with van der Waals surface area (Å²) < 4.78 is 5.72. The van der Waals surface area contributed by atoms with Gasteiger partial charge in [-0.05, 0) is 48.8 Å². The van der Waals surface area contributed by atoms with Crippen LogP contribution in [0.3, 0.4) is 0 Å². The Hall–Kier alpha value is -2.30. The van der Waals surface area contributed by atoms with Crippen molar-refractivity contribution in [2.75, 3.05) is 26.2 Å². The number of nitrogens with zero attached hydrogens (tertiary/aromatic N) is 2. The Bertz CT molecular complexity index is 820. The smallest absolute Gasteiger partial charge is 0.277 e. The van der Waals surface area contributed by atoms with E-state index < -0.39 is 0 Å². The van der Waals surface area contributed by atoms with E-state index in [4.69, 9.17) is 4.74 Å². The number of likely N-dealkylation sites (tertiary alicyclic amines) is 1. The number of unbranched alkanes of at least 4 members (excludes halogenated alkanes) is 5. The molecule has 2 aliphatic rings. The normalized spacial score (nSPS) is 21.3. The van der Waals surface area contributed by atoms with Gasteiger partial charge in [0.15, 0.2) is 0 Å². The molecule has 2 unspecified atom stereocenters. The van der Waals surface area contributed by atoms with Crippen LogP contribution >= 0.6 is 0 Å². The van der Waals surface area contributed by atoms with Gasteiger partial charge in [0.1, 0.15) is 11.4 Å². The molecular weight excluding hydrogens is 412 g/mol. The molecule has 0 N–H and O–H groups in total. The van der Waals surface area contributed by atoms with Crippen LogP contribution in [0, 0.1) is 11.8 Å². The summed E-state index contributed by atoms with van der Waals surface area (Å²) in [5, 5.41) is 0. The van der Waals surface area contributed by atoms with E-state index in [0.29, 0.717) is 36.3 Å². The third kappa shape index (κ3) is 6.39. The number of benzene rings is 1. The summed E-state index contributed by atoms with van der Waals surface area (Å²) in [5.74, 6) is 1.54. The highest BCUT2D eigenvalue weighted by Crippen LogP contribution is 2.35. The third-order valence-corrected chi connectivity index (χ3v) is 6.68.